The molecule has 1 N–H and O–H groups in total. The van der Waals surface area contributed by atoms with Gasteiger partial charge in [-0.3, -0.25) is 5.32 Å². The highest BCUT2D eigenvalue weighted by atomic mass is 127. The Hall–Kier alpha value is -1.41. The smallest absolute Gasteiger partial charge is 0.338 e. The van der Waals surface area contributed by atoms with Crippen molar-refractivity contribution in [1.29, 1.82) is 0 Å². The van der Waals surface area contributed by atoms with Crippen LogP contribution in [0.15, 0.2) is 43.0 Å². The standard InChI is InChI=1S/C17H22INO4/c1-3-5-11-17(15(20)22-4-2,16(21)23-13-18)19-12-14-9-7-6-8-10-14/h3,6-10,19H,1,4-5,11-13H2,2H3. The second-order valence-electron chi connectivity index (χ2n) is 4.83. The third kappa shape index (κ3) is 5.62. The van der Waals surface area contributed by atoms with Gasteiger partial charge in [-0.25, -0.2) is 9.59 Å². The lowest BCUT2D eigenvalue weighted by Crippen LogP contribution is -2.59. The third-order valence-corrected chi connectivity index (χ3v) is 3.63. The molecule has 1 atom stereocenters. The normalized spacial score (nSPS) is 13.0. The lowest BCUT2D eigenvalue weighted by molar-refractivity contribution is -0.165. The maximum Gasteiger partial charge on any atom is 0.338 e. The number of esters is 2. The molecule has 1 unspecified atom stereocenters. The fraction of sp³-hybridized carbons (Fsp3) is 0.412. The number of hydrogen-bond donors (Lipinski definition) is 1. The summed E-state index contributed by atoms with van der Waals surface area (Å²) in [5.41, 5.74) is -0.562. The topological polar surface area (TPSA) is 64.6 Å². The Balaban J connectivity index is 3.05. The van der Waals surface area contributed by atoms with Crippen molar-refractivity contribution in [3.63, 3.8) is 0 Å². The molecule has 0 spiro atoms. The van der Waals surface area contributed by atoms with Crippen molar-refractivity contribution in [1.82, 2.24) is 5.32 Å². The fourth-order valence-electron chi connectivity index (χ4n) is 2.11. The SMILES string of the molecule is C=CCCC(NCc1ccccc1)(C(=O)OCC)C(=O)OCI. The number of benzene rings is 1. The van der Waals surface area contributed by atoms with Gasteiger partial charge in [0.2, 0.25) is 5.54 Å². The Kier molecular flexibility index (Phi) is 8.86. The number of carbonyl (C=O) groups is 2. The van der Waals surface area contributed by atoms with Crippen LogP contribution in [0.25, 0.3) is 0 Å². The molecular weight excluding hydrogens is 409 g/mol. The number of carbonyl (C=O) groups excluding carboxylic acids is 2. The van der Waals surface area contributed by atoms with Gasteiger partial charge in [0.05, 0.1) is 6.61 Å². The first-order valence-electron chi connectivity index (χ1n) is 7.41. The zero-order valence-corrected chi connectivity index (χ0v) is 15.4. The Labute approximate surface area is 150 Å². The molecular formula is C17H22INO4. The molecule has 0 saturated heterocycles. The largest absolute Gasteiger partial charge is 0.464 e. The molecule has 0 saturated carbocycles. The second-order valence-corrected chi connectivity index (χ2v) is 5.46. The first-order chi connectivity index (χ1) is 11.1. The van der Waals surface area contributed by atoms with Gasteiger partial charge in [-0.2, -0.15) is 0 Å². The zero-order valence-electron chi connectivity index (χ0n) is 13.2. The quantitative estimate of drug-likeness (QED) is 0.203. The number of halogens is 1. The zero-order chi connectivity index (χ0) is 17.1. The summed E-state index contributed by atoms with van der Waals surface area (Å²) in [6.45, 7) is 5.91. The predicted octanol–water partition coefficient (Wildman–Crippen LogP) is 2.98. The van der Waals surface area contributed by atoms with E-state index in [1.807, 2.05) is 52.9 Å². The summed E-state index contributed by atoms with van der Waals surface area (Å²) in [5.74, 6) is -1.24. The minimum atomic E-state index is -1.52. The van der Waals surface area contributed by atoms with E-state index in [9.17, 15) is 9.59 Å². The van der Waals surface area contributed by atoms with E-state index in [1.54, 1.807) is 13.0 Å². The van der Waals surface area contributed by atoms with Crippen LogP contribution in [0.1, 0.15) is 25.3 Å². The number of ether oxygens (including phenoxy) is 2. The Morgan fingerprint density at radius 3 is 2.48 bits per heavy atom. The molecule has 0 aromatic heterocycles. The average molecular weight is 431 g/mol. The minimum absolute atomic E-state index is 0.166. The Morgan fingerprint density at radius 2 is 1.91 bits per heavy atom. The van der Waals surface area contributed by atoms with Crippen LogP contribution < -0.4 is 5.32 Å². The van der Waals surface area contributed by atoms with Crippen molar-refractivity contribution >= 4 is 34.5 Å². The van der Waals surface area contributed by atoms with Gasteiger partial charge in [0.15, 0.2) is 0 Å². The first-order valence-corrected chi connectivity index (χ1v) is 8.93. The van der Waals surface area contributed by atoms with E-state index >= 15 is 0 Å². The van der Waals surface area contributed by atoms with Gasteiger partial charge in [-0.15, -0.1) is 6.58 Å². The lowest BCUT2D eigenvalue weighted by Gasteiger charge is -2.30. The summed E-state index contributed by atoms with van der Waals surface area (Å²) in [6.07, 6.45) is 2.38. The molecule has 0 bridgehead atoms. The number of hydrogen-bond acceptors (Lipinski definition) is 5. The molecule has 0 aliphatic carbocycles. The molecule has 23 heavy (non-hydrogen) atoms. The van der Waals surface area contributed by atoms with Gasteiger partial charge in [0, 0.05) is 6.54 Å². The average Bonchev–Trinajstić information content (AvgIpc) is 2.56. The molecule has 0 radical (unpaired) electrons. The Morgan fingerprint density at radius 1 is 1.26 bits per heavy atom. The van der Waals surface area contributed by atoms with Crippen LogP contribution in [0.2, 0.25) is 0 Å². The summed E-state index contributed by atoms with van der Waals surface area (Å²) in [4.78, 5) is 25.0. The fourth-order valence-corrected chi connectivity index (χ4v) is 2.40. The number of rotatable bonds is 10. The van der Waals surface area contributed by atoms with Crippen molar-refractivity contribution in [3.8, 4) is 0 Å². The van der Waals surface area contributed by atoms with Crippen molar-refractivity contribution in [2.24, 2.45) is 0 Å². The van der Waals surface area contributed by atoms with Crippen LogP contribution in [-0.2, 0) is 25.6 Å². The van der Waals surface area contributed by atoms with Crippen LogP contribution >= 0.6 is 22.6 Å². The van der Waals surface area contributed by atoms with E-state index in [-0.39, 0.29) is 17.6 Å². The number of nitrogens with one attached hydrogen (secondary N) is 1. The second kappa shape index (κ2) is 10.4. The Bertz CT molecular complexity index is 501. The summed E-state index contributed by atoms with van der Waals surface area (Å²) in [5, 5.41) is 3.05. The van der Waals surface area contributed by atoms with E-state index in [4.69, 9.17) is 9.47 Å². The van der Waals surface area contributed by atoms with Crippen molar-refractivity contribution in [2.75, 3.05) is 11.2 Å². The van der Waals surface area contributed by atoms with Crippen LogP contribution in [0.4, 0.5) is 0 Å². The highest BCUT2D eigenvalue weighted by molar-refractivity contribution is 14.1. The summed E-state index contributed by atoms with van der Waals surface area (Å²) in [7, 11) is 0. The number of alkyl halides is 1. The molecule has 0 aliphatic rings. The van der Waals surface area contributed by atoms with E-state index in [0.29, 0.717) is 13.0 Å². The molecule has 1 aromatic carbocycles. The van der Waals surface area contributed by atoms with Crippen LogP contribution in [0, 0.1) is 0 Å². The van der Waals surface area contributed by atoms with Crippen LogP contribution in [0.3, 0.4) is 0 Å². The maximum absolute atomic E-state index is 12.5. The molecule has 0 heterocycles. The van der Waals surface area contributed by atoms with E-state index in [0.717, 1.165) is 5.56 Å². The number of allylic oxidation sites excluding steroid dienone is 1. The highest BCUT2D eigenvalue weighted by Crippen LogP contribution is 2.20. The van der Waals surface area contributed by atoms with E-state index < -0.39 is 17.5 Å². The van der Waals surface area contributed by atoms with Gasteiger partial charge >= 0.3 is 11.9 Å². The minimum Gasteiger partial charge on any atom is -0.464 e. The molecule has 1 rings (SSSR count). The molecule has 0 fully saturated rings. The molecule has 6 heteroatoms. The van der Waals surface area contributed by atoms with Gasteiger partial charge < -0.3 is 9.47 Å². The lowest BCUT2D eigenvalue weighted by atomic mass is 9.92. The van der Waals surface area contributed by atoms with Crippen molar-refractivity contribution in [3.05, 3.63) is 48.6 Å². The maximum atomic E-state index is 12.5. The van der Waals surface area contributed by atoms with E-state index in [1.165, 1.54) is 0 Å². The van der Waals surface area contributed by atoms with Gasteiger partial charge in [-0.1, -0.05) is 36.4 Å². The summed E-state index contributed by atoms with van der Waals surface area (Å²) < 4.78 is 10.4. The molecule has 0 aliphatic heterocycles. The monoisotopic (exact) mass is 431 g/mol. The van der Waals surface area contributed by atoms with Crippen LogP contribution in [0.5, 0.6) is 0 Å². The third-order valence-electron chi connectivity index (χ3n) is 3.32. The first kappa shape index (κ1) is 19.6. The molecule has 5 nitrogen and oxygen atoms in total. The van der Waals surface area contributed by atoms with E-state index in [2.05, 4.69) is 11.9 Å². The van der Waals surface area contributed by atoms with Gasteiger partial charge in [-0.05, 0) is 47.9 Å². The molecule has 0 amide bonds. The van der Waals surface area contributed by atoms with Gasteiger partial charge in [0.25, 0.3) is 0 Å². The van der Waals surface area contributed by atoms with Gasteiger partial charge in [0.1, 0.15) is 4.61 Å². The van der Waals surface area contributed by atoms with Crippen LogP contribution in [-0.4, -0.2) is 28.7 Å². The predicted molar refractivity (Wildman–Crippen MR) is 97.1 cm³/mol. The summed E-state index contributed by atoms with van der Waals surface area (Å²) in [6, 6.07) is 9.54. The van der Waals surface area contributed by atoms with Crippen molar-refractivity contribution in [2.45, 2.75) is 31.8 Å². The molecule has 126 valence electrons. The van der Waals surface area contributed by atoms with Crippen molar-refractivity contribution < 1.29 is 19.1 Å². The highest BCUT2D eigenvalue weighted by Gasteiger charge is 2.48. The summed E-state index contributed by atoms with van der Waals surface area (Å²) >= 11 is 1.92. The molecule has 1 aromatic rings.